The van der Waals surface area contributed by atoms with Crippen LogP contribution in [0.25, 0.3) is 0 Å². The maximum Gasteiger partial charge on any atom is 0.335 e. The van der Waals surface area contributed by atoms with Gasteiger partial charge < -0.3 is 10.0 Å². The fourth-order valence-electron chi connectivity index (χ4n) is 2.85. The van der Waals surface area contributed by atoms with Gasteiger partial charge >= 0.3 is 5.97 Å². The van der Waals surface area contributed by atoms with Crippen LogP contribution >= 0.6 is 0 Å². The SMILES string of the molecule is CCN1CCN(C(=O)Cc2ccccc2C(=O)O)CC1C. The number of rotatable bonds is 4. The third-order valence-corrected chi connectivity index (χ3v) is 4.11. The van der Waals surface area contributed by atoms with Gasteiger partial charge in [-0.3, -0.25) is 9.69 Å². The van der Waals surface area contributed by atoms with Crippen molar-refractivity contribution in [2.45, 2.75) is 26.3 Å². The Balaban J connectivity index is 2.04. The first-order chi connectivity index (χ1) is 10.0. The number of piperazine rings is 1. The van der Waals surface area contributed by atoms with Crippen molar-refractivity contribution in [1.82, 2.24) is 9.80 Å². The lowest BCUT2D eigenvalue weighted by atomic mass is 10.0. The summed E-state index contributed by atoms with van der Waals surface area (Å²) in [6, 6.07) is 7.06. The Morgan fingerprint density at radius 1 is 1.29 bits per heavy atom. The molecule has 0 bridgehead atoms. The molecular weight excluding hydrogens is 268 g/mol. The molecule has 114 valence electrons. The quantitative estimate of drug-likeness (QED) is 0.912. The normalized spacial score (nSPS) is 19.5. The molecule has 1 aromatic rings. The Hall–Kier alpha value is -1.88. The first-order valence-corrected chi connectivity index (χ1v) is 7.36. The van der Waals surface area contributed by atoms with E-state index in [9.17, 15) is 9.59 Å². The second-order valence-electron chi connectivity index (χ2n) is 5.46. The molecule has 1 aromatic carbocycles. The van der Waals surface area contributed by atoms with E-state index in [1.54, 1.807) is 24.3 Å². The Bertz CT molecular complexity index is 530. The molecule has 21 heavy (non-hydrogen) atoms. The van der Waals surface area contributed by atoms with Crippen molar-refractivity contribution < 1.29 is 14.7 Å². The zero-order chi connectivity index (χ0) is 15.4. The van der Waals surface area contributed by atoms with Gasteiger partial charge in [0.15, 0.2) is 0 Å². The van der Waals surface area contributed by atoms with E-state index in [4.69, 9.17) is 5.11 Å². The number of carbonyl (C=O) groups excluding carboxylic acids is 1. The largest absolute Gasteiger partial charge is 0.478 e. The van der Waals surface area contributed by atoms with Crippen molar-refractivity contribution in [3.05, 3.63) is 35.4 Å². The van der Waals surface area contributed by atoms with Gasteiger partial charge in [-0.2, -0.15) is 0 Å². The molecule has 0 aromatic heterocycles. The Morgan fingerprint density at radius 2 is 2.00 bits per heavy atom. The Labute approximate surface area is 125 Å². The van der Waals surface area contributed by atoms with Crippen LogP contribution in [0.15, 0.2) is 24.3 Å². The van der Waals surface area contributed by atoms with Crippen molar-refractivity contribution >= 4 is 11.9 Å². The van der Waals surface area contributed by atoms with E-state index in [2.05, 4.69) is 18.7 Å². The molecule has 2 rings (SSSR count). The zero-order valence-corrected chi connectivity index (χ0v) is 12.6. The number of hydrogen-bond donors (Lipinski definition) is 1. The van der Waals surface area contributed by atoms with Gasteiger partial charge in [0.05, 0.1) is 12.0 Å². The molecule has 5 heteroatoms. The van der Waals surface area contributed by atoms with Crippen molar-refractivity contribution in [2.24, 2.45) is 0 Å². The first kappa shape index (κ1) is 15.5. The summed E-state index contributed by atoms with van der Waals surface area (Å²) in [7, 11) is 0. The van der Waals surface area contributed by atoms with Crippen molar-refractivity contribution in [3.8, 4) is 0 Å². The van der Waals surface area contributed by atoms with Crippen LogP contribution in [-0.2, 0) is 11.2 Å². The van der Waals surface area contributed by atoms with Gasteiger partial charge in [0.1, 0.15) is 0 Å². The average molecular weight is 290 g/mol. The van der Waals surface area contributed by atoms with E-state index in [0.717, 1.165) is 13.1 Å². The molecule has 1 N–H and O–H groups in total. The number of aromatic carboxylic acids is 1. The third kappa shape index (κ3) is 3.61. The predicted molar refractivity (Wildman–Crippen MR) is 80.4 cm³/mol. The highest BCUT2D eigenvalue weighted by Crippen LogP contribution is 2.14. The van der Waals surface area contributed by atoms with Crippen LogP contribution < -0.4 is 0 Å². The van der Waals surface area contributed by atoms with E-state index < -0.39 is 5.97 Å². The lowest BCUT2D eigenvalue weighted by Crippen LogP contribution is -2.53. The zero-order valence-electron chi connectivity index (χ0n) is 12.6. The molecule has 1 heterocycles. The van der Waals surface area contributed by atoms with Gasteiger partial charge in [0.25, 0.3) is 0 Å². The number of nitrogens with zero attached hydrogens (tertiary/aromatic N) is 2. The summed E-state index contributed by atoms with van der Waals surface area (Å²) in [6.07, 6.45) is 0.154. The van der Waals surface area contributed by atoms with Crippen molar-refractivity contribution in [2.75, 3.05) is 26.2 Å². The summed E-state index contributed by atoms with van der Waals surface area (Å²) in [5.74, 6) is -0.978. The Kier molecular flexibility index (Phi) is 4.96. The number of hydrogen-bond acceptors (Lipinski definition) is 3. The first-order valence-electron chi connectivity index (χ1n) is 7.36. The van der Waals surface area contributed by atoms with Gasteiger partial charge in [-0.05, 0) is 25.1 Å². The highest BCUT2D eigenvalue weighted by atomic mass is 16.4. The van der Waals surface area contributed by atoms with E-state index in [-0.39, 0.29) is 17.9 Å². The molecule has 1 fully saturated rings. The minimum atomic E-state index is -0.984. The summed E-state index contributed by atoms with van der Waals surface area (Å²) in [6.45, 7) is 7.54. The lowest BCUT2D eigenvalue weighted by molar-refractivity contribution is -0.133. The molecule has 1 aliphatic heterocycles. The van der Waals surface area contributed by atoms with Crippen LogP contribution in [0, 0.1) is 0 Å². The molecule has 0 radical (unpaired) electrons. The number of likely N-dealkylation sites (N-methyl/N-ethyl adjacent to an activating group) is 1. The monoisotopic (exact) mass is 290 g/mol. The average Bonchev–Trinajstić information content (AvgIpc) is 2.47. The van der Waals surface area contributed by atoms with Crippen molar-refractivity contribution in [3.63, 3.8) is 0 Å². The van der Waals surface area contributed by atoms with Gasteiger partial charge in [0, 0.05) is 25.7 Å². The van der Waals surface area contributed by atoms with E-state index >= 15 is 0 Å². The summed E-state index contributed by atoms with van der Waals surface area (Å²) in [5, 5.41) is 9.17. The van der Waals surface area contributed by atoms with Gasteiger partial charge in [-0.15, -0.1) is 0 Å². The van der Waals surface area contributed by atoms with Gasteiger partial charge in [-0.1, -0.05) is 25.1 Å². The molecular formula is C16H22N2O3. The molecule has 1 aliphatic rings. The fourth-order valence-corrected chi connectivity index (χ4v) is 2.85. The molecule has 5 nitrogen and oxygen atoms in total. The molecule has 0 aliphatic carbocycles. The molecule has 1 unspecified atom stereocenters. The standard InChI is InChI=1S/C16H22N2O3/c1-3-17-8-9-18(11-12(17)2)15(19)10-13-6-4-5-7-14(13)16(20)21/h4-7,12H,3,8-11H2,1-2H3,(H,20,21). The Morgan fingerprint density at radius 3 is 2.62 bits per heavy atom. The molecule has 0 spiro atoms. The molecule has 1 saturated heterocycles. The molecule has 0 saturated carbocycles. The summed E-state index contributed by atoms with van der Waals surface area (Å²) in [5.41, 5.74) is 0.798. The molecule has 1 atom stereocenters. The van der Waals surface area contributed by atoms with Crippen molar-refractivity contribution in [1.29, 1.82) is 0 Å². The van der Waals surface area contributed by atoms with E-state index in [0.29, 0.717) is 24.7 Å². The minimum Gasteiger partial charge on any atom is -0.478 e. The van der Waals surface area contributed by atoms with Gasteiger partial charge in [0.2, 0.25) is 5.91 Å². The van der Waals surface area contributed by atoms with Crippen LogP contribution in [0.1, 0.15) is 29.8 Å². The van der Waals surface area contributed by atoms with Crippen LogP contribution in [-0.4, -0.2) is 59.0 Å². The molecule has 1 amide bonds. The summed E-state index contributed by atoms with van der Waals surface area (Å²) in [4.78, 5) is 27.8. The summed E-state index contributed by atoms with van der Waals surface area (Å²) >= 11 is 0. The smallest absolute Gasteiger partial charge is 0.335 e. The third-order valence-electron chi connectivity index (χ3n) is 4.11. The predicted octanol–water partition coefficient (Wildman–Crippen LogP) is 1.48. The van der Waals surface area contributed by atoms with Crippen LogP contribution in [0.5, 0.6) is 0 Å². The number of benzene rings is 1. The number of carbonyl (C=O) groups is 2. The highest BCUT2D eigenvalue weighted by molar-refractivity contribution is 5.91. The second kappa shape index (κ2) is 6.72. The van der Waals surface area contributed by atoms with Crippen LogP contribution in [0.3, 0.4) is 0 Å². The number of carboxylic acids is 1. The van der Waals surface area contributed by atoms with Crippen LogP contribution in [0.2, 0.25) is 0 Å². The topological polar surface area (TPSA) is 60.9 Å². The second-order valence-corrected chi connectivity index (χ2v) is 5.46. The maximum atomic E-state index is 12.4. The van der Waals surface area contributed by atoms with E-state index in [1.165, 1.54) is 0 Å². The fraction of sp³-hybridized carbons (Fsp3) is 0.500. The minimum absolute atomic E-state index is 0.00584. The highest BCUT2D eigenvalue weighted by Gasteiger charge is 2.26. The lowest BCUT2D eigenvalue weighted by Gasteiger charge is -2.39. The summed E-state index contributed by atoms with van der Waals surface area (Å²) < 4.78 is 0. The number of amides is 1. The van der Waals surface area contributed by atoms with E-state index in [1.807, 2.05) is 4.90 Å². The maximum absolute atomic E-state index is 12.4. The number of carboxylic acid groups (broad SMARTS) is 1. The van der Waals surface area contributed by atoms with Crippen LogP contribution in [0.4, 0.5) is 0 Å². The van der Waals surface area contributed by atoms with Gasteiger partial charge in [-0.25, -0.2) is 4.79 Å².